The van der Waals surface area contributed by atoms with Crippen LogP contribution in [0.1, 0.15) is 5.56 Å². The Hall–Kier alpha value is -2.47. The molecule has 6 nitrogen and oxygen atoms in total. The molecule has 0 aliphatic carbocycles. The molecule has 2 aromatic rings. The number of amides is 1. The van der Waals surface area contributed by atoms with Gasteiger partial charge in [-0.3, -0.25) is 4.79 Å². The highest BCUT2D eigenvalue weighted by Gasteiger charge is 2.14. The summed E-state index contributed by atoms with van der Waals surface area (Å²) in [5, 5.41) is 3.34. The van der Waals surface area contributed by atoms with Gasteiger partial charge in [-0.25, -0.2) is 4.98 Å². The Morgan fingerprint density at radius 2 is 2.13 bits per heavy atom. The van der Waals surface area contributed by atoms with Crippen molar-refractivity contribution in [3.05, 3.63) is 47.1 Å². The molecule has 1 aromatic heterocycles. The monoisotopic (exact) mass is 334 g/mol. The van der Waals surface area contributed by atoms with Crippen molar-refractivity contribution in [2.75, 3.05) is 19.9 Å². The molecule has 1 aliphatic rings. The van der Waals surface area contributed by atoms with Crippen LogP contribution in [0.25, 0.3) is 0 Å². The fourth-order valence-electron chi connectivity index (χ4n) is 2.09. The molecular formula is C16H15ClN2O4. The molecule has 7 heteroatoms. The molecule has 0 saturated heterocycles. The normalized spacial score (nSPS) is 12.0. The molecule has 0 radical (unpaired) electrons. The third-order valence-electron chi connectivity index (χ3n) is 3.18. The summed E-state index contributed by atoms with van der Waals surface area (Å²) in [6.07, 6.45) is 1.78. The molecule has 23 heavy (non-hydrogen) atoms. The molecule has 1 amide bonds. The SMILES string of the molecule is O=C(Cc1ccc2c(c1)OCO2)NCCOc1ccc(Cl)cn1. The topological polar surface area (TPSA) is 69.7 Å². The van der Waals surface area contributed by atoms with Crippen molar-refractivity contribution in [1.82, 2.24) is 10.3 Å². The van der Waals surface area contributed by atoms with Gasteiger partial charge in [-0.05, 0) is 23.8 Å². The zero-order valence-corrected chi connectivity index (χ0v) is 13.0. The standard InChI is InChI=1S/C16H15ClN2O4/c17-12-2-4-16(19-9-12)21-6-5-18-15(20)8-11-1-3-13-14(7-11)23-10-22-13/h1-4,7,9H,5-6,8,10H2,(H,18,20). The van der Waals surface area contributed by atoms with Crippen LogP contribution in [0.3, 0.4) is 0 Å². The van der Waals surface area contributed by atoms with Crippen molar-refractivity contribution in [2.24, 2.45) is 0 Å². The van der Waals surface area contributed by atoms with Crippen LogP contribution < -0.4 is 19.5 Å². The third-order valence-corrected chi connectivity index (χ3v) is 3.40. The highest BCUT2D eigenvalue weighted by molar-refractivity contribution is 6.30. The van der Waals surface area contributed by atoms with Crippen molar-refractivity contribution in [3.63, 3.8) is 0 Å². The molecule has 2 heterocycles. The summed E-state index contributed by atoms with van der Waals surface area (Å²) in [5.41, 5.74) is 0.868. The van der Waals surface area contributed by atoms with E-state index in [0.717, 1.165) is 5.56 Å². The number of hydrogen-bond donors (Lipinski definition) is 1. The molecule has 0 spiro atoms. The van der Waals surface area contributed by atoms with E-state index < -0.39 is 0 Å². The quantitative estimate of drug-likeness (QED) is 0.820. The Balaban J connectivity index is 1.40. The molecule has 1 N–H and O–H groups in total. The second-order valence-corrected chi connectivity index (χ2v) is 5.31. The maximum absolute atomic E-state index is 11.9. The van der Waals surface area contributed by atoms with Gasteiger partial charge in [0.05, 0.1) is 18.0 Å². The van der Waals surface area contributed by atoms with Crippen LogP contribution in [0.2, 0.25) is 5.02 Å². The second kappa shape index (κ2) is 7.19. The first-order chi connectivity index (χ1) is 11.2. The van der Waals surface area contributed by atoms with Crippen LogP contribution in [-0.2, 0) is 11.2 Å². The molecule has 0 fully saturated rings. The van der Waals surface area contributed by atoms with Gasteiger partial charge in [0, 0.05) is 12.3 Å². The molecule has 0 bridgehead atoms. The number of nitrogens with zero attached hydrogens (tertiary/aromatic N) is 1. The van der Waals surface area contributed by atoms with E-state index in [0.29, 0.717) is 35.6 Å². The summed E-state index contributed by atoms with van der Waals surface area (Å²) >= 11 is 5.73. The Morgan fingerprint density at radius 1 is 1.26 bits per heavy atom. The van der Waals surface area contributed by atoms with Crippen molar-refractivity contribution < 1.29 is 19.0 Å². The molecule has 3 rings (SSSR count). The van der Waals surface area contributed by atoms with Crippen molar-refractivity contribution in [1.29, 1.82) is 0 Å². The predicted octanol–water partition coefficient (Wildman–Crippen LogP) is 2.20. The van der Waals surface area contributed by atoms with Gasteiger partial charge in [0.15, 0.2) is 11.5 Å². The molecule has 120 valence electrons. The van der Waals surface area contributed by atoms with E-state index >= 15 is 0 Å². The zero-order chi connectivity index (χ0) is 16.1. The Bertz CT molecular complexity index is 691. The first-order valence-electron chi connectivity index (χ1n) is 7.10. The number of halogens is 1. The summed E-state index contributed by atoms with van der Waals surface area (Å²) in [4.78, 5) is 15.9. The second-order valence-electron chi connectivity index (χ2n) is 4.88. The van der Waals surface area contributed by atoms with E-state index in [1.165, 1.54) is 6.20 Å². The van der Waals surface area contributed by atoms with Gasteiger partial charge in [-0.1, -0.05) is 17.7 Å². The average molecular weight is 335 g/mol. The number of rotatable bonds is 6. The van der Waals surface area contributed by atoms with Crippen LogP contribution in [0, 0.1) is 0 Å². The summed E-state index contributed by atoms with van der Waals surface area (Å²) in [7, 11) is 0. The molecule has 0 saturated carbocycles. The fourth-order valence-corrected chi connectivity index (χ4v) is 2.20. The number of ether oxygens (including phenoxy) is 3. The first-order valence-corrected chi connectivity index (χ1v) is 7.48. The Labute approximate surface area is 138 Å². The van der Waals surface area contributed by atoms with Crippen molar-refractivity contribution >= 4 is 17.5 Å². The predicted molar refractivity (Wildman–Crippen MR) is 84.0 cm³/mol. The lowest BCUT2D eigenvalue weighted by atomic mass is 10.1. The molecule has 0 unspecified atom stereocenters. The van der Waals surface area contributed by atoms with Gasteiger partial charge in [-0.2, -0.15) is 0 Å². The van der Waals surface area contributed by atoms with Crippen LogP contribution in [-0.4, -0.2) is 30.8 Å². The average Bonchev–Trinajstić information content (AvgIpc) is 3.01. The fraction of sp³-hybridized carbons (Fsp3) is 0.250. The number of nitrogens with one attached hydrogen (secondary N) is 1. The van der Waals surface area contributed by atoms with Gasteiger partial charge in [0.1, 0.15) is 6.61 Å². The number of benzene rings is 1. The van der Waals surface area contributed by atoms with Gasteiger partial charge in [-0.15, -0.1) is 0 Å². The van der Waals surface area contributed by atoms with Gasteiger partial charge in [0.25, 0.3) is 0 Å². The zero-order valence-electron chi connectivity index (χ0n) is 12.3. The van der Waals surface area contributed by atoms with E-state index in [1.54, 1.807) is 18.2 Å². The highest BCUT2D eigenvalue weighted by Crippen LogP contribution is 2.32. The Morgan fingerprint density at radius 3 is 2.96 bits per heavy atom. The minimum Gasteiger partial charge on any atom is -0.476 e. The number of fused-ring (bicyclic) bond motifs is 1. The van der Waals surface area contributed by atoms with E-state index in [9.17, 15) is 4.79 Å². The lowest BCUT2D eigenvalue weighted by molar-refractivity contribution is -0.120. The Kier molecular flexibility index (Phi) is 4.83. The molecular weight excluding hydrogens is 320 g/mol. The molecule has 1 aromatic carbocycles. The number of pyridine rings is 1. The first kappa shape index (κ1) is 15.4. The van der Waals surface area contributed by atoms with E-state index in [-0.39, 0.29) is 19.1 Å². The number of carbonyl (C=O) groups excluding carboxylic acids is 1. The summed E-state index contributed by atoms with van der Waals surface area (Å²) < 4.78 is 15.9. The molecule has 1 aliphatic heterocycles. The minimum atomic E-state index is -0.0865. The van der Waals surface area contributed by atoms with Crippen molar-refractivity contribution in [3.8, 4) is 17.4 Å². The van der Waals surface area contributed by atoms with Crippen molar-refractivity contribution in [2.45, 2.75) is 6.42 Å². The van der Waals surface area contributed by atoms with Crippen LogP contribution in [0.5, 0.6) is 17.4 Å². The largest absolute Gasteiger partial charge is 0.476 e. The summed E-state index contributed by atoms with van der Waals surface area (Å²) in [6, 6.07) is 8.84. The van der Waals surface area contributed by atoms with Gasteiger partial charge < -0.3 is 19.5 Å². The maximum atomic E-state index is 11.9. The number of hydrogen-bond acceptors (Lipinski definition) is 5. The van der Waals surface area contributed by atoms with E-state index in [1.807, 2.05) is 12.1 Å². The highest BCUT2D eigenvalue weighted by atomic mass is 35.5. The van der Waals surface area contributed by atoms with Crippen LogP contribution in [0.4, 0.5) is 0 Å². The van der Waals surface area contributed by atoms with Gasteiger partial charge in [0.2, 0.25) is 18.6 Å². The van der Waals surface area contributed by atoms with Crippen LogP contribution >= 0.6 is 11.6 Å². The lowest BCUT2D eigenvalue weighted by Gasteiger charge is -2.07. The van der Waals surface area contributed by atoms with E-state index in [4.69, 9.17) is 25.8 Å². The van der Waals surface area contributed by atoms with Gasteiger partial charge >= 0.3 is 0 Å². The van der Waals surface area contributed by atoms with E-state index in [2.05, 4.69) is 10.3 Å². The number of aromatic nitrogens is 1. The third kappa shape index (κ3) is 4.26. The lowest BCUT2D eigenvalue weighted by Crippen LogP contribution is -2.29. The smallest absolute Gasteiger partial charge is 0.231 e. The molecule has 0 atom stereocenters. The van der Waals surface area contributed by atoms with Crippen LogP contribution in [0.15, 0.2) is 36.5 Å². The minimum absolute atomic E-state index is 0.0865. The number of carbonyl (C=O) groups is 1. The summed E-state index contributed by atoms with van der Waals surface area (Å²) in [5.74, 6) is 1.77. The maximum Gasteiger partial charge on any atom is 0.231 e. The summed E-state index contributed by atoms with van der Waals surface area (Å²) in [6.45, 7) is 0.955.